The molecule has 0 aromatic heterocycles. The van der Waals surface area contributed by atoms with Crippen LogP contribution in [-0.4, -0.2) is 38.6 Å². The molecule has 0 aliphatic carbocycles. The maximum Gasteiger partial charge on any atom is 0.251 e. The second kappa shape index (κ2) is 10.0. The molecular weight excluding hydrogens is 392 g/mol. The van der Waals surface area contributed by atoms with Gasteiger partial charge in [0.25, 0.3) is 5.91 Å². The monoisotopic (exact) mass is 410 g/mol. The molecule has 2 aromatic rings. The van der Waals surface area contributed by atoms with Crippen molar-refractivity contribution >= 4 is 21.7 Å². The topological polar surface area (TPSA) is 140 Å². The minimum absolute atomic E-state index is 0.217. The molecule has 0 aliphatic heterocycles. The summed E-state index contributed by atoms with van der Waals surface area (Å²) in [5, 5.41) is 22.4. The summed E-state index contributed by atoms with van der Waals surface area (Å²) < 4.78 is 25.3. The Balaban J connectivity index is 2.21. The fraction of sp³-hybridized carbons (Fsp3) is 0.200. The third-order valence-corrected chi connectivity index (χ3v) is 5.53. The molecule has 0 bridgehead atoms. The van der Waals surface area contributed by atoms with Gasteiger partial charge in [-0.2, -0.15) is 10.5 Å². The fourth-order valence-corrected chi connectivity index (χ4v) is 4.15. The van der Waals surface area contributed by atoms with Crippen LogP contribution in [0.2, 0.25) is 0 Å². The van der Waals surface area contributed by atoms with E-state index in [1.807, 2.05) is 6.07 Å². The zero-order chi connectivity index (χ0) is 21.3. The van der Waals surface area contributed by atoms with Crippen LogP contribution in [0.15, 0.2) is 54.6 Å². The van der Waals surface area contributed by atoms with Crippen molar-refractivity contribution in [2.75, 3.05) is 12.3 Å². The number of sulfone groups is 1. The smallest absolute Gasteiger partial charge is 0.251 e. The lowest BCUT2D eigenvalue weighted by Gasteiger charge is -2.18. The van der Waals surface area contributed by atoms with Crippen molar-refractivity contribution in [3.8, 4) is 12.1 Å². The zero-order valence-corrected chi connectivity index (χ0v) is 16.1. The number of hydrogen-bond acceptors (Lipinski definition) is 6. The Morgan fingerprint density at radius 1 is 1.00 bits per heavy atom. The van der Waals surface area contributed by atoms with Crippen LogP contribution >= 0.6 is 0 Å². The summed E-state index contributed by atoms with van der Waals surface area (Å²) in [4.78, 5) is 24.7. The number of carbonyl (C=O) groups excluding carboxylic acids is 2. The van der Waals surface area contributed by atoms with Gasteiger partial charge >= 0.3 is 0 Å². The van der Waals surface area contributed by atoms with Crippen molar-refractivity contribution < 1.29 is 18.0 Å². The van der Waals surface area contributed by atoms with Crippen LogP contribution in [0.3, 0.4) is 0 Å². The van der Waals surface area contributed by atoms with E-state index in [1.165, 1.54) is 24.3 Å². The van der Waals surface area contributed by atoms with E-state index in [0.717, 1.165) is 0 Å². The molecule has 0 fully saturated rings. The lowest BCUT2D eigenvalue weighted by molar-refractivity contribution is -0.122. The molecule has 2 N–H and O–H groups in total. The molecule has 0 saturated carbocycles. The molecule has 0 radical (unpaired) electrons. The summed E-state index contributed by atoms with van der Waals surface area (Å²) >= 11 is 0. The van der Waals surface area contributed by atoms with Crippen LogP contribution in [0.4, 0.5) is 0 Å². The number of amides is 2. The van der Waals surface area contributed by atoms with Gasteiger partial charge < -0.3 is 10.6 Å². The van der Waals surface area contributed by atoms with Gasteiger partial charge in [0, 0.05) is 5.56 Å². The van der Waals surface area contributed by atoms with Crippen LogP contribution in [0.25, 0.3) is 0 Å². The van der Waals surface area contributed by atoms with Crippen LogP contribution < -0.4 is 10.6 Å². The van der Waals surface area contributed by atoms with Gasteiger partial charge in [0.15, 0.2) is 9.84 Å². The highest BCUT2D eigenvalue weighted by molar-refractivity contribution is 7.90. The first kappa shape index (κ1) is 21.6. The van der Waals surface area contributed by atoms with E-state index in [-0.39, 0.29) is 17.7 Å². The first-order chi connectivity index (χ1) is 13.9. The summed E-state index contributed by atoms with van der Waals surface area (Å²) in [6, 6.07) is 16.5. The number of rotatable bonds is 8. The van der Waals surface area contributed by atoms with Gasteiger partial charge in [0.1, 0.15) is 12.6 Å². The Morgan fingerprint density at radius 3 is 2.31 bits per heavy atom. The van der Waals surface area contributed by atoms with E-state index in [4.69, 9.17) is 10.5 Å². The molecule has 2 aromatic carbocycles. The number of nitrogens with one attached hydrogen (secondary N) is 2. The largest absolute Gasteiger partial charge is 0.341 e. The van der Waals surface area contributed by atoms with Crippen molar-refractivity contribution in [1.29, 1.82) is 10.5 Å². The fourth-order valence-electron chi connectivity index (χ4n) is 2.57. The Kier molecular flexibility index (Phi) is 7.47. The van der Waals surface area contributed by atoms with Gasteiger partial charge in [-0.1, -0.05) is 36.4 Å². The van der Waals surface area contributed by atoms with E-state index in [1.54, 1.807) is 36.4 Å². The summed E-state index contributed by atoms with van der Waals surface area (Å²) in [7, 11) is -3.87. The number of nitriles is 2. The molecule has 0 aliphatic rings. The summed E-state index contributed by atoms with van der Waals surface area (Å²) in [5.74, 6) is -2.54. The van der Waals surface area contributed by atoms with Crippen LogP contribution in [0.5, 0.6) is 0 Å². The van der Waals surface area contributed by atoms with E-state index >= 15 is 0 Å². The molecule has 1 unspecified atom stereocenters. The Bertz CT molecular complexity index is 1070. The van der Waals surface area contributed by atoms with Gasteiger partial charge in [0.05, 0.1) is 29.2 Å². The molecule has 8 nitrogen and oxygen atoms in total. The zero-order valence-electron chi connectivity index (χ0n) is 15.3. The van der Waals surface area contributed by atoms with Crippen LogP contribution in [0, 0.1) is 22.7 Å². The van der Waals surface area contributed by atoms with Crippen molar-refractivity contribution in [2.24, 2.45) is 0 Å². The first-order valence-electron chi connectivity index (χ1n) is 8.55. The molecule has 0 heterocycles. The van der Waals surface area contributed by atoms with Gasteiger partial charge in [-0.25, -0.2) is 8.42 Å². The molecule has 9 heteroatoms. The number of carbonyl (C=O) groups is 2. The van der Waals surface area contributed by atoms with Gasteiger partial charge in [-0.3, -0.25) is 9.59 Å². The van der Waals surface area contributed by atoms with E-state index in [0.29, 0.717) is 5.56 Å². The predicted molar refractivity (Wildman–Crippen MR) is 105 cm³/mol. The van der Waals surface area contributed by atoms with E-state index in [9.17, 15) is 18.0 Å². The van der Waals surface area contributed by atoms with E-state index < -0.39 is 39.2 Å². The standard InChI is InChI=1S/C20H18N4O4S/c21-10-11-23-20(26)18(24-19(25)15-6-2-1-3-7-15)14-29(27,28)13-17-9-5-4-8-16(17)12-22/h1-9,18H,11,13-14H2,(H,23,26)(H,24,25). The van der Waals surface area contributed by atoms with Gasteiger partial charge in [-0.15, -0.1) is 0 Å². The van der Waals surface area contributed by atoms with E-state index in [2.05, 4.69) is 10.6 Å². The third kappa shape index (κ3) is 6.45. The molecule has 148 valence electrons. The van der Waals surface area contributed by atoms with Crippen molar-refractivity contribution in [2.45, 2.75) is 11.8 Å². The second-order valence-corrected chi connectivity index (χ2v) is 8.20. The van der Waals surface area contributed by atoms with Crippen molar-refractivity contribution in [3.63, 3.8) is 0 Å². The highest BCUT2D eigenvalue weighted by Gasteiger charge is 2.28. The number of hydrogen-bond donors (Lipinski definition) is 2. The first-order valence-corrected chi connectivity index (χ1v) is 10.4. The lowest BCUT2D eigenvalue weighted by Crippen LogP contribution is -2.50. The summed E-state index contributed by atoms with van der Waals surface area (Å²) in [5.41, 5.74) is 0.785. The second-order valence-electron chi connectivity index (χ2n) is 6.09. The van der Waals surface area contributed by atoms with Crippen LogP contribution in [0.1, 0.15) is 21.5 Å². The molecule has 0 saturated heterocycles. The maximum atomic E-state index is 12.7. The summed E-state index contributed by atoms with van der Waals surface area (Å²) in [6.45, 7) is -0.326. The number of nitrogens with zero attached hydrogens (tertiary/aromatic N) is 2. The normalized spacial score (nSPS) is 11.5. The highest BCUT2D eigenvalue weighted by Crippen LogP contribution is 2.13. The SMILES string of the molecule is N#CCNC(=O)C(CS(=O)(=O)Cc1ccccc1C#N)NC(=O)c1ccccc1. The molecule has 29 heavy (non-hydrogen) atoms. The minimum atomic E-state index is -3.87. The minimum Gasteiger partial charge on any atom is -0.341 e. The van der Waals surface area contributed by atoms with Crippen molar-refractivity contribution in [3.05, 3.63) is 71.3 Å². The average molecular weight is 410 g/mol. The molecule has 2 rings (SSSR count). The Hall–Kier alpha value is -3.69. The average Bonchev–Trinajstić information content (AvgIpc) is 2.72. The highest BCUT2D eigenvalue weighted by atomic mass is 32.2. The lowest BCUT2D eigenvalue weighted by atomic mass is 10.1. The van der Waals surface area contributed by atoms with Gasteiger partial charge in [0.2, 0.25) is 5.91 Å². The molecule has 0 spiro atoms. The predicted octanol–water partition coefficient (Wildman–Crippen LogP) is 0.911. The quantitative estimate of drug-likeness (QED) is 0.620. The number of benzene rings is 2. The Labute approximate surface area is 168 Å². The maximum absolute atomic E-state index is 12.7. The summed E-state index contributed by atoms with van der Waals surface area (Å²) in [6.07, 6.45) is 0. The van der Waals surface area contributed by atoms with Gasteiger partial charge in [-0.05, 0) is 23.8 Å². The van der Waals surface area contributed by atoms with Crippen LogP contribution in [-0.2, 0) is 20.4 Å². The van der Waals surface area contributed by atoms with Crippen molar-refractivity contribution in [1.82, 2.24) is 10.6 Å². The Morgan fingerprint density at radius 2 is 1.66 bits per heavy atom. The third-order valence-electron chi connectivity index (χ3n) is 3.93. The molecular formula is C20H18N4O4S. The molecule has 1 atom stereocenters. The molecule has 2 amide bonds.